The second-order valence-corrected chi connectivity index (χ2v) is 5.78. The van der Waals surface area contributed by atoms with Crippen LogP contribution in [0.15, 0.2) is 28.9 Å². The largest absolute Gasteiger partial charge is 0.377 e. The van der Waals surface area contributed by atoms with E-state index in [0.717, 1.165) is 34.5 Å². The molecule has 2 aliphatic heterocycles. The van der Waals surface area contributed by atoms with Crippen LogP contribution in [0.1, 0.15) is 6.42 Å². The first kappa shape index (κ1) is 10.7. The van der Waals surface area contributed by atoms with Crippen molar-refractivity contribution in [3.05, 3.63) is 28.9 Å². The molecule has 2 saturated heterocycles. The average Bonchev–Trinajstić information content (AvgIpc) is 2.40. The zero-order chi connectivity index (χ0) is 12.1. The zero-order valence-corrected chi connectivity index (χ0v) is 11.3. The Morgan fingerprint density at radius 1 is 1.28 bits per heavy atom. The Hall–Kier alpha value is -1.20. The molecule has 0 amide bonds. The van der Waals surface area contributed by atoms with Crippen molar-refractivity contribution in [3.63, 3.8) is 0 Å². The van der Waals surface area contributed by atoms with Crippen LogP contribution in [0, 0.1) is 0 Å². The lowest BCUT2D eigenvalue weighted by Gasteiger charge is -2.52. The highest BCUT2D eigenvalue weighted by atomic mass is 79.9. The van der Waals surface area contributed by atoms with Gasteiger partial charge in [-0.3, -0.25) is 0 Å². The normalized spacial score (nSPS) is 26.2. The summed E-state index contributed by atoms with van der Waals surface area (Å²) in [6.07, 6.45) is 3.11. The summed E-state index contributed by atoms with van der Waals surface area (Å²) >= 11 is 3.46. The van der Waals surface area contributed by atoms with E-state index in [1.807, 2.05) is 24.4 Å². The Morgan fingerprint density at radius 3 is 2.89 bits per heavy atom. The molecule has 0 N–H and O–H groups in total. The molecule has 0 unspecified atom stereocenters. The molecule has 2 aromatic rings. The van der Waals surface area contributed by atoms with Gasteiger partial charge in [0.2, 0.25) is 5.95 Å². The maximum absolute atomic E-state index is 5.48. The van der Waals surface area contributed by atoms with Crippen LogP contribution in [-0.4, -0.2) is 35.3 Å². The molecule has 1 aromatic carbocycles. The average molecular weight is 306 g/mol. The fraction of sp³-hybridized carbons (Fsp3) is 0.385. The summed E-state index contributed by atoms with van der Waals surface area (Å²) in [5.74, 6) is 0.842. The monoisotopic (exact) mass is 305 g/mol. The molecule has 4 nitrogen and oxygen atoms in total. The van der Waals surface area contributed by atoms with E-state index in [-0.39, 0.29) is 0 Å². The molecule has 0 saturated carbocycles. The molecule has 2 aliphatic rings. The predicted molar refractivity (Wildman–Crippen MR) is 72.7 cm³/mol. The number of rotatable bonds is 1. The van der Waals surface area contributed by atoms with Crippen molar-refractivity contribution in [2.45, 2.75) is 18.5 Å². The van der Waals surface area contributed by atoms with E-state index >= 15 is 0 Å². The molecular weight excluding hydrogens is 294 g/mol. The highest BCUT2D eigenvalue weighted by Gasteiger charge is 2.43. The molecule has 2 atom stereocenters. The van der Waals surface area contributed by atoms with Gasteiger partial charge in [-0.25, -0.2) is 9.97 Å². The van der Waals surface area contributed by atoms with Crippen molar-refractivity contribution in [2.24, 2.45) is 0 Å². The summed E-state index contributed by atoms with van der Waals surface area (Å²) in [5.41, 5.74) is 0.995. The van der Waals surface area contributed by atoms with Gasteiger partial charge in [-0.05, 0) is 24.6 Å². The summed E-state index contributed by atoms with van der Waals surface area (Å²) in [4.78, 5) is 11.4. The lowest BCUT2D eigenvalue weighted by molar-refractivity contribution is 0.00911. The van der Waals surface area contributed by atoms with Gasteiger partial charge >= 0.3 is 0 Å². The molecule has 5 heteroatoms. The number of nitrogens with zero attached hydrogens (tertiary/aromatic N) is 3. The molecule has 3 heterocycles. The third-order valence-electron chi connectivity index (χ3n) is 3.71. The Kier molecular flexibility index (Phi) is 2.32. The Morgan fingerprint density at radius 2 is 2.11 bits per heavy atom. The molecule has 4 rings (SSSR count). The molecule has 2 fully saturated rings. The third kappa shape index (κ3) is 1.54. The molecule has 0 spiro atoms. The minimum absolute atomic E-state index is 0.469. The summed E-state index contributed by atoms with van der Waals surface area (Å²) in [6, 6.07) is 7.02. The van der Waals surface area contributed by atoms with E-state index in [9.17, 15) is 0 Å². The van der Waals surface area contributed by atoms with Gasteiger partial charge in [-0.15, -0.1) is 0 Å². The number of benzene rings is 1. The topological polar surface area (TPSA) is 38.2 Å². The minimum Gasteiger partial charge on any atom is -0.377 e. The van der Waals surface area contributed by atoms with Crippen molar-refractivity contribution in [3.8, 4) is 0 Å². The first-order chi connectivity index (χ1) is 8.81. The summed E-state index contributed by atoms with van der Waals surface area (Å²) in [7, 11) is 0. The summed E-state index contributed by atoms with van der Waals surface area (Å²) in [5, 5.41) is 1.06. The lowest BCUT2D eigenvalue weighted by atomic mass is 9.92. The van der Waals surface area contributed by atoms with Crippen molar-refractivity contribution >= 4 is 32.8 Å². The van der Waals surface area contributed by atoms with E-state index in [1.165, 1.54) is 6.42 Å². The Bertz CT molecular complexity index is 604. The van der Waals surface area contributed by atoms with Crippen LogP contribution >= 0.6 is 15.9 Å². The van der Waals surface area contributed by atoms with Gasteiger partial charge in [0.1, 0.15) is 0 Å². The lowest BCUT2D eigenvalue weighted by Crippen LogP contribution is -2.64. The molecule has 92 valence electrons. The van der Waals surface area contributed by atoms with E-state index in [4.69, 9.17) is 4.74 Å². The summed E-state index contributed by atoms with van der Waals surface area (Å²) < 4.78 is 6.54. The number of fused-ring (bicyclic) bond motifs is 3. The number of halogens is 1. The minimum atomic E-state index is 0.469. The van der Waals surface area contributed by atoms with Crippen molar-refractivity contribution in [2.75, 3.05) is 18.1 Å². The molecule has 1 aromatic heterocycles. The fourth-order valence-corrected chi connectivity index (χ4v) is 3.16. The highest BCUT2D eigenvalue weighted by Crippen LogP contribution is 2.34. The van der Waals surface area contributed by atoms with E-state index in [1.54, 1.807) is 0 Å². The maximum Gasteiger partial charge on any atom is 0.226 e. The SMILES string of the molecule is Brc1ccc2nc(N3[C@@H]4COC[C@H]3C4)ncc2c1. The van der Waals surface area contributed by atoms with Gasteiger partial charge in [0.15, 0.2) is 0 Å². The van der Waals surface area contributed by atoms with Crippen molar-refractivity contribution < 1.29 is 4.74 Å². The van der Waals surface area contributed by atoms with Gasteiger partial charge < -0.3 is 9.64 Å². The Balaban J connectivity index is 1.75. The van der Waals surface area contributed by atoms with Crippen LogP contribution in [0.5, 0.6) is 0 Å². The molecular formula is C13H12BrN3O. The van der Waals surface area contributed by atoms with Crippen LogP contribution in [0.2, 0.25) is 0 Å². The van der Waals surface area contributed by atoms with Crippen LogP contribution < -0.4 is 4.90 Å². The zero-order valence-electron chi connectivity index (χ0n) is 9.71. The number of morpholine rings is 1. The quantitative estimate of drug-likeness (QED) is 0.811. The summed E-state index contributed by atoms with van der Waals surface area (Å²) in [6.45, 7) is 1.61. The number of anilines is 1. The predicted octanol–water partition coefficient (Wildman–Crippen LogP) is 2.37. The van der Waals surface area contributed by atoms with Gasteiger partial charge in [0.05, 0.1) is 30.8 Å². The first-order valence-electron chi connectivity index (χ1n) is 6.10. The Labute approximate surface area is 113 Å². The van der Waals surface area contributed by atoms with Crippen molar-refractivity contribution in [1.29, 1.82) is 0 Å². The van der Waals surface area contributed by atoms with Crippen LogP contribution in [0.3, 0.4) is 0 Å². The van der Waals surface area contributed by atoms with Crippen molar-refractivity contribution in [1.82, 2.24) is 9.97 Å². The van der Waals surface area contributed by atoms with E-state index in [0.29, 0.717) is 12.1 Å². The molecule has 2 bridgehead atoms. The number of hydrogen-bond acceptors (Lipinski definition) is 4. The number of ether oxygens (including phenoxy) is 1. The first-order valence-corrected chi connectivity index (χ1v) is 6.89. The van der Waals surface area contributed by atoms with Gasteiger partial charge in [-0.2, -0.15) is 0 Å². The molecule has 18 heavy (non-hydrogen) atoms. The fourth-order valence-electron chi connectivity index (χ4n) is 2.78. The van der Waals surface area contributed by atoms with Crippen LogP contribution in [0.4, 0.5) is 5.95 Å². The molecule has 0 aliphatic carbocycles. The van der Waals surface area contributed by atoms with Crippen LogP contribution in [-0.2, 0) is 4.74 Å². The standard InChI is InChI=1S/C13H12BrN3O/c14-9-1-2-12-8(3-9)5-15-13(16-12)17-10-4-11(17)7-18-6-10/h1-3,5,10-11H,4,6-7H2/t10-,11+. The second-order valence-electron chi connectivity index (χ2n) is 4.86. The smallest absolute Gasteiger partial charge is 0.226 e. The number of aromatic nitrogens is 2. The number of hydrogen-bond donors (Lipinski definition) is 0. The third-order valence-corrected chi connectivity index (χ3v) is 4.20. The highest BCUT2D eigenvalue weighted by molar-refractivity contribution is 9.10. The van der Waals surface area contributed by atoms with Gasteiger partial charge in [0, 0.05) is 16.1 Å². The van der Waals surface area contributed by atoms with Gasteiger partial charge in [0.25, 0.3) is 0 Å². The van der Waals surface area contributed by atoms with E-state index in [2.05, 4.69) is 30.8 Å². The molecule has 0 radical (unpaired) electrons. The second kappa shape index (κ2) is 3.90. The van der Waals surface area contributed by atoms with Gasteiger partial charge in [-0.1, -0.05) is 15.9 Å². The van der Waals surface area contributed by atoms with Crippen LogP contribution in [0.25, 0.3) is 10.9 Å². The van der Waals surface area contributed by atoms with E-state index < -0.39 is 0 Å². The maximum atomic E-state index is 5.48.